The molecule has 0 aliphatic rings. The summed E-state index contributed by atoms with van der Waals surface area (Å²) in [5.74, 6) is 0.850. The summed E-state index contributed by atoms with van der Waals surface area (Å²) < 4.78 is 2.32. The Morgan fingerprint density at radius 2 is 1.63 bits per heavy atom. The van der Waals surface area contributed by atoms with E-state index in [-0.39, 0.29) is 0 Å². The summed E-state index contributed by atoms with van der Waals surface area (Å²) in [7, 11) is 0. The van der Waals surface area contributed by atoms with Crippen molar-refractivity contribution in [1.29, 1.82) is 0 Å². The molecule has 0 amide bonds. The first-order valence-electron chi connectivity index (χ1n) is 8.14. The van der Waals surface area contributed by atoms with Gasteiger partial charge in [-0.2, -0.15) is 0 Å². The summed E-state index contributed by atoms with van der Waals surface area (Å²) in [6.07, 6.45) is 3.77. The Kier molecular flexibility index (Phi) is 5.79. The van der Waals surface area contributed by atoms with Crippen molar-refractivity contribution in [1.82, 2.24) is 19.9 Å². The van der Waals surface area contributed by atoms with Crippen LogP contribution in [0.2, 0.25) is 0 Å². The largest absolute Gasteiger partial charge is 0.336 e. The summed E-state index contributed by atoms with van der Waals surface area (Å²) in [6, 6.07) is 18.4. The number of thioether (sulfide) groups is 1. The Morgan fingerprint density at radius 1 is 0.889 bits per heavy atom. The molecule has 2 aromatic heterocycles. The standard InChI is InChI=1S/C20H14I2N4S/c1-27-20-23-11-10-15(24-20)18-17(12-6-3-2-4-7-12)25-19(26-18)16-13(21)8-5-9-14(16)22/h2-11H,1H3,(H,25,26). The molecule has 4 aromatic rings. The fraction of sp³-hybridized carbons (Fsp3) is 0.0500. The van der Waals surface area contributed by atoms with Gasteiger partial charge in [0.15, 0.2) is 5.16 Å². The van der Waals surface area contributed by atoms with Crippen LogP contribution < -0.4 is 0 Å². The molecule has 0 radical (unpaired) electrons. The van der Waals surface area contributed by atoms with Crippen LogP contribution in [0.4, 0.5) is 0 Å². The molecule has 4 nitrogen and oxygen atoms in total. The van der Waals surface area contributed by atoms with Gasteiger partial charge in [-0.05, 0) is 69.6 Å². The van der Waals surface area contributed by atoms with E-state index in [1.165, 1.54) is 11.8 Å². The average Bonchev–Trinajstić information content (AvgIpc) is 3.13. The van der Waals surface area contributed by atoms with E-state index in [0.29, 0.717) is 0 Å². The van der Waals surface area contributed by atoms with Gasteiger partial charge >= 0.3 is 0 Å². The SMILES string of the molecule is CSc1nccc(-c2[nH]c(-c3c(I)cccc3I)nc2-c2ccccc2)n1. The van der Waals surface area contributed by atoms with E-state index in [1.54, 1.807) is 6.20 Å². The highest BCUT2D eigenvalue weighted by molar-refractivity contribution is 14.1. The fourth-order valence-corrected chi connectivity index (χ4v) is 5.16. The fourth-order valence-electron chi connectivity index (χ4n) is 2.78. The normalized spacial score (nSPS) is 10.9. The third-order valence-corrected chi connectivity index (χ3v) is 6.38. The van der Waals surface area contributed by atoms with E-state index in [9.17, 15) is 0 Å². The van der Waals surface area contributed by atoms with Crippen LogP contribution in [0.3, 0.4) is 0 Å². The second-order valence-electron chi connectivity index (χ2n) is 5.70. The van der Waals surface area contributed by atoms with Crippen molar-refractivity contribution in [2.75, 3.05) is 6.26 Å². The zero-order valence-corrected chi connectivity index (χ0v) is 19.4. The number of rotatable bonds is 4. The minimum absolute atomic E-state index is 0.742. The topological polar surface area (TPSA) is 54.5 Å². The summed E-state index contributed by atoms with van der Waals surface area (Å²) >= 11 is 6.24. The van der Waals surface area contributed by atoms with E-state index in [4.69, 9.17) is 4.98 Å². The van der Waals surface area contributed by atoms with Crippen molar-refractivity contribution in [2.24, 2.45) is 0 Å². The molecule has 2 heterocycles. The monoisotopic (exact) mass is 596 g/mol. The predicted molar refractivity (Wildman–Crippen MR) is 128 cm³/mol. The van der Waals surface area contributed by atoms with Gasteiger partial charge in [-0.15, -0.1) is 0 Å². The van der Waals surface area contributed by atoms with Gasteiger partial charge in [-0.25, -0.2) is 15.0 Å². The Balaban J connectivity index is 1.95. The van der Waals surface area contributed by atoms with E-state index in [0.717, 1.165) is 46.3 Å². The van der Waals surface area contributed by atoms with E-state index in [1.807, 2.05) is 30.5 Å². The molecule has 0 fully saturated rings. The van der Waals surface area contributed by atoms with Crippen molar-refractivity contribution in [3.63, 3.8) is 0 Å². The minimum Gasteiger partial charge on any atom is -0.336 e. The van der Waals surface area contributed by atoms with E-state index < -0.39 is 0 Å². The van der Waals surface area contributed by atoms with Crippen molar-refractivity contribution in [2.45, 2.75) is 5.16 Å². The van der Waals surface area contributed by atoms with Gasteiger partial charge < -0.3 is 4.98 Å². The number of nitrogens with one attached hydrogen (secondary N) is 1. The van der Waals surface area contributed by atoms with Crippen LogP contribution in [0.1, 0.15) is 0 Å². The molecule has 0 spiro atoms. The van der Waals surface area contributed by atoms with Crippen LogP contribution in [-0.2, 0) is 0 Å². The van der Waals surface area contributed by atoms with Crippen LogP contribution >= 0.6 is 56.9 Å². The number of halogens is 2. The van der Waals surface area contributed by atoms with E-state index in [2.05, 4.69) is 90.5 Å². The molecule has 0 bridgehead atoms. The van der Waals surface area contributed by atoms with Gasteiger partial charge in [0.05, 0.1) is 17.1 Å². The highest BCUT2D eigenvalue weighted by atomic mass is 127. The van der Waals surface area contributed by atoms with Crippen LogP contribution in [0.15, 0.2) is 66.0 Å². The lowest BCUT2D eigenvalue weighted by Gasteiger charge is -2.04. The van der Waals surface area contributed by atoms with E-state index >= 15 is 0 Å². The van der Waals surface area contributed by atoms with Crippen molar-refractivity contribution >= 4 is 56.9 Å². The van der Waals surface area contributed by atoms with Gasteiger partial charge in [-0.3, -0.25) is 0 Å². The van der Waals surface area contributed by atoms with Gasteiger partial charge in [0.1, 0.15) is 5.82 Å². The molecule has 134 valence electrons. The molecular formula is C20H14I2N4S. The Hall–Kier alpha value is -1.46. The zero-order chi connectivity index (χ0) is 18.8. The number of aromatic nitrogens is 4. The first-order valence-corrected chi connectivity index (χ1v) is 11.5. The van der Waals surface area contributed by atoms with Crippen molar-refractivity contribution in [3.8, 4) is 34.0 Å². The second kappa shape index (κ2) is 8.27. The molecule has 0 aliphatic carbocycles. The number of H-pyrrole nitrogens is 1. The highest BCUT2D eigenvalue weighted by Crippen LogP contribution is 2.35. The van der Waals surface area contributed by atoms with Crippen molar-refractivity contribution < 1.29 is 0 Å². The number of hydrogen-bond donors (Lipinski definition) is 1. The molecule has 0 aliphatic heterocycles. The number of nitrogens with zero attached hydrogens (tertiary/aromatic N) is 3. The second-order valence-corrected chi connectivity index (χ2v) is 8.80. The molecule has 0 unspecified atom stereocenters. The Labute approximate surface area is 188 Å². The van der Waals surface area contributed by atoms with Gasteiger partial charge in [0.2, 0.25) is 0 Å². The summed E-state index contributed by atoms with van der Waals surface area (Å²) in [5.41, 5.74) is 4.81. The zero-order valence-electron chi connectivity index (χ0n) is 14.3. The lowest BCUT2D eigenvalue weighted by atomic mass is 10.1. The molecule has 0 saturated heterocycles. The number of imidazole rings is 1. The predicted octanol–water partition coefficient (Wildman–Crippen LogP) is 6.13. The molecule has 4 rings (SSSR count). The molecule has 27 heavy (non-hydrogen) atoms. The third kappa shape index (κ3) is 3.90. The first-order chi connectivity index (χ1) is 13.2. The molecule has 7 heteroatoms. The molecular weight excluding hydrogens is 582 g/mol. The van der Waals surface area contributed by atoms with Crippen LogP contribution in [0.5, 0.6) is 0 Å². The summed E-state index contributed by atoms with van der Waals surface area (Å²) in [6.45, 7) is 0. The Bertz CT molecular complexity index is 1080. The molecule has 0 atom stereocenters. The van der Waals surface area contributed by atoms with Crippen LogP contribution in [-0.4, -0.2) is 26.2 Å². The molecule has 0 saturated carbocycles. The first kappa shape index (κ1) is 18.9. The molecule has 1 N–H and O–H groups in total. The maximum Gasteiger partial charge on any atom is 0.187 e. The molecule has 2 aromatic carbocycles. The quantitative estimate of drug-likeness (QED) is 0.175. The maximum absolute atomic E-state index is 4.97. The summed E-state index contributed by atoms with van der Waals surface area (Å²) in [4.78, 5) is 17.5. The number of hydrogen-bond acceptors (Lipinski definition) is 4. The van der Waals surface area contributed by atoms with Crippen LogP contribution in [0, 0.1) is 7.14 Å². The lowest BCUT2D eigenvalue weighted by Crippen LogP contribution is -1.91. The van der Waals surface area contributed by atoms with Crippen molar-refractivity contribution in [3.05, 3.63) is 67.9 Å². The van der Waals surface area contributed by atoms with Gasteiger partial charge in [0, 0.05) is 24.5 Å². The van der Waals surface area contributed by atoms with Crippen LogP contribution in [0.25, 0.3) is 34.0 Å². The van der Waals surface area contributed by atoms with Gasteiger partial charge in [0.25, 0.3) is 0 Å². The Morgan fingerprint density at radius 3 is 2.33 bits per heavy atom. The minimum atomic E-state index is 0.742. The lowest BCUT2D eigenvalue weighted by molar-refractivity contribution is 0.973. The maximum atomic E-state index is 4.97. The highest BCUT2D eigenvalue weighted by Gasteiger charge is 2.19. The average molecular weight is 596 g/mol. The third-order valence-electron chi connectivity index (χ3n) is 4.02. The van der Waals surface area contributed by atoms with Gasteiger partial charge in [-0.1, -0.05) is 48.2 Å². The summed E-state index contributed by atoms with van der Waals surface area (Å²) in [5, 5.41) is 0.742. The number of benzene rings is 2. The number of aromatic amines is 1. The smallest absolute Gasteiger partial charge is 0.187 e.